The smallest absolute Gasteiger partial charge is 0.137 e. The Morgan fingerprint density at radius 2 is 1.50 bits per heavy atom. The molecule has 0 N–H and O–H groups in total. The molecule has 0 atom stereocenters. The molecule has 0 unspecified atom stereocenters. The molecule has 0 saturated carbocycles. The van der Waals surface area contributed by atoms with Gasteiger partial charge in [-0.1, -0.05) is 81.4 Å². The molecule has 0 radical (unpaired) electrons. The predicted molar refractivity (Wildman–Crippen MR) is 159 cm³/mol. The van der Waals surface area contributed by atoms with E-state index >= 15 is 0 Å². The number of aromatic nitrogens is 2. The van der Waals surface area contributed by atoms with Crippen molar-refractivity contribution >= 4 is 21.8 Å². The van der Waals surface area contributed by atoms with E-state index in [1.807, 2.05) is 54.0 Å². The third-order valence-corrected chi connectivity index (χ3v) is 7.28. The molecule has 0 fully saturated rings. The molecule has 0 amide bonds. The number of methoxy groups -OCH3 is 1. The fourth-order valence-corrected chi connectivity index (χ4v) is 5.14. The summed E-state index contributed by atoms with van der Waals surface area (Å²) in [6, 6.07) is 31.3. The Kier molecular flexibility index (Phi) is 5.24. The van der Waals surface area contributed by atoms with Crippen LogP contribution in [-0.4, -0.2) is 16.7 Å². The van der Waals surface area contributed by atoms with Crippen LogP contribution in [0.15, 0.2) is 103 Å². The number of rotatable bonds is 4. The normalized spacial score (nSPS) is 12.6. The van der Waals surface area contributed by atoms with E-state index in [1.54, 1.807) is 7.11 Å². The van der Waals surface area contributed by atoms with E-state index in [4.69, 9.17) is 11.1 Å². The largest absolute Gasteiger partial charge is 0.497 e. The van der Waals surface area contributed by atoms with Gasteiger partial charge >= 0.3 is 0 Å². The third-order valence-electron chi connectivity index (χ3n) is 7.28. The van der Waals surface area contributed by atoms with Gasteiger partial charge in [-0.05, 0) is 70.5 Å². The van der Waals surface area contributed by atoms with Crippen LogP contribution in [0.25, 0.3) is 49.9 Å². The van der Waals surface area contributed by atoms with Crippen molar-refractivity contribution in [3.05, 3.63) is 114 Å². The first-order valence-electron chi connectivity index (χ1n) is 13.9. The van der Waals surface area contributed by atoms with Gasteiger partial charge in [-0.3, -0.25) is 4.57 Å². The first-order chi connectivity index (χ1) is 19.2. The van der Waals surface area contributed by atoms with Gasteiger partial charge in [-0.2, -0.15) is 0 Å². The second-order valence-corrected chi connectivity index (χ2v) is 10.8. The monoisotopic (exact) mass is 498 g/mol. The molecule has 0 saturated heterocycles. The summed E-state index contributed by atoms with van der Waals surface area (Å²) in [5.41, 5.74) is 7.68. The second-order valence-electron chi connectivity index (χ2n) is 10.8. The molecule has 0 spiro atoms. The molecular formula is C35H32N2O. The lowest BCUT2D eigenvalue weighted by molar-refractivity contribution is 0.415. The lowest BCUT2D eigenvalue weighted by Crippen LogP contribution is -2.10. The van der Waals surface area contributed by atoms with Gasteiger partial charge < -0.3 is 4.74 Å². The molecule has 2 heterocycles. The van der Waals surface area contributed by atoms with Crippen LogP contribution in [0.2, 0.25) is 0 Å². The van der Waals surface area contributed by atoms with E-state index in [1.165, 1.54) is 5.56 Å². The highest BCUT2D eigenvalue weighted by Gasteiger charge is 2.17. The van der Waals surface area contributed by atoms with Crippen molar-refractivity contribution in [1.29, 1.82) is 0 Å². The molecule has 0 bridgehead atoms. The van der Waals surface area contributed by atoms with E-state index in [-0.39, 0.29) is 11.6 Å². The molecule has 6 aromatic rings. The Morgan fingerprint density at radius 1 is 0.763 bits per heavy atom. The minimum atomic E-state index is 0.0397. The lowest BCUT2D eigenvalue weighted by Gasteiger charge is -2.19. The van der Waals surface area contributed by atoms with Crippen LogP contribution in [0.1, 0.15) is 34.6 Å². The SMILES string of the molecule is [2H]c1nc(-n2c3ccc(-c4ccccc4)cc3c3ccc(OC)cc32)c([2H])c(C)c1-c1ccc(C(C)(C)C)cc1. The molecule has 0 aliphatic rings. The van der Waals surface area contributed by atoms with Crippen molar-refractivity contribution in [1.82, 2.24) is 9.55 Å². The van der Waals surface area contributed by atoms with Gasteiger partial charge in [0.25, 0.3) is 0 Å². The number of fused-ring (bicyclic) bond motifs is 3. The first-order valence-corrected chi connectivity index (χ1v) is 12.9. The zero-order valence-electron chi connectivity index (χ0n) is 24.5. The zero-order valence-corrected chi connectivity index (χ0v) is 22.5. The van der Waals surface area contributed by atoms with Gasteiger partial charge in [0.15, 0.2) is 0 Å². The number of benzene rings is 4. The van der Waals surface area contributed by atoms with Crippen molar-refractivity contribution < 1.29 is 7.48 Å². The Labute approximate surface area is 227 Å². The van der Waals surface area contributed by atoms with E-state index in [0.29, 0.717) is 17.4 Å². The summed E-state index contributed by atoms with van der Waals surface area (Å²) >= 11 is 0. The maximum Gasteiger partial charge on any atom is 0.137 e. The summed E-state index contributed by atoms with van der Waals surface area (Å²) in [7, 11) is 1.65. The molecule has 4 aromatic carbocycles. The van der Waals surface area contributed by atoms with Crippen LogP contribution < -0.4 is 4.74 Å². The summed E-state index contributed by atoms with van der Waals surface area (Å²) in [5, 5.41) is 2.10. The number of pyridine rings is 1. The van der Waals surface area contributed by atoms with Crippen LogP contribution >= 0.6 is 0 Å². The summed E-state index contributed by atoms with van der Waals surface area (Å²) in [5.74, 6) is 1.17. The summed E-state index contributed by atoms with van der Waals surface area (Å²) in [4.78, 5) is 4.76. The summed E-state index contributed by atoms with van der Waals surface area (Å²) in [6.45, 7) is 8.47. The van der Waals surface area contributed by atoms with Crippen molar-refractivity contribution in [2.24, 2.45) is 0 Å². The van der Waals surface area contributed by atoms with Gasteiger partial charge in [0.05, 0.1) is 20.9 Å². The zero-order chi connectivity index (χ0) is 28.2. The van der Waals surface area contributed by atoms with Gasteiger partial charge in [0.2, 0.25) is 0 Å². The van der Waals surface area contributed by atoms with Crippen LogP contribution in [0, 0.1) is 6.92 Å². The van der Waals surface area contributed by atoms with Crippen molar-refractivity contribution in [3.8, 4) is 33.8 Å². The fourth-order valence-electron chi connectivity index (χ4n) is 5.14. The first kappa shape index (κ1) is 21.7. The Morgan fingerprint density at radius 3 is 2.21 bits per heavy atom. The standard InChI is InChI=1S/C35H32N2O/c1-23-19-34(36-22-31(23)25-11-14-27(15-12-25)35(2,3)4)37-32-18-13-26(24-9-7-6-8-10-24)20-30(32)29-17-16-28(38-5)21-33(29)37/h6-22H,1-5H3/i19D,22D. The molecular weight excluding hydrogens is 464 g/mol. The molecule has 3 heteroatoms. The average molecular weight is 499 g/mol. The Balaban J connectivity index is 1.58. The third kappa shape index (κ3) is 4.14. The molecule has 0 aliphatic carbocycles. The minimum absolute atomic E-state index is 0.0397. The number of ether oxygens (including phenoxy) is 1. The van der Waals surface area contributed by atoms with E-state index in [0.717, 1.165) is 49.8 Å². The molecule has 0 aliphatic heterocycles. The average Bonchev–Trinajstić information content (AvgIpc) is 3.28. The topological polar surface area (TPSA) is 27.1 Å². The second kappa shape index (κ2) is 9.18. The van der Waals surface area contributed by atoms with Crippen molar-refractivity contribution in [3.63, 3.8) is 0 Å². The predicted octanol–water partition coefficient (Wildman–Crippen LogP) is 9.13. The molecule has 3 nitrogen and oxygen atoms in total. The highest BCUT2D eigenvalue weighted by atomic mass is 16.5. The molecule has 188 valence electrons. The van der Waals surface area contributed by atoms with Crippen molar-refractivity contribution in [2.45, 2.75) is 33.1 Å². The molecule has 6 rings (SSSR count). The van der Waals surface area contributed by atoms with E-state index in [2.05, 4.69) is 69.3 Å². The highest BCUT2D eigenvalue weighted by Crippen LogP contribution is 2.37. The quantitative estimate of drug-likeness (QED) is 0.242. The minimum Gasteiger partial charge on any atom is -0.497 e. The number of hydrogen-bond donors (Lipinski definition) is 0. The van der Waals surface area contributed by atoms with E-state index in [9.17, 15) is 1.37 Å². The van der Waals surface area contributed by atoms with Crippen LogP contribution in [0.4, 0.5) is 0 Å². The highest BCUT2D eigenvalue weighted by molar-refractivity contribution is 6.10. The molecule has 2 aromatic heterocycles. The van der Waals surface area contributed by atoms with Gasteiger partial charge in [0, 0.05) is 28.6 Å². The Hall–Kier alpha value is -4.37. The molecule has 38 heavy (non-hydrogen) atoms. The van der Waals surface area contributed by atoms with Crippen LogP contribution in [0.3, 0.4) is 0 Å². The lowest BCUT2D eigenvalue weighted by atomic mass is 9.86. The van der Waals surface area contributed by atoms with Crippen molar-refractivity contribution in [2.75, 3.05) is 7.11 Å². The van der Waals surface area contributed by atoms with Gasteiger partial charge in [-0.15, -0.1) is 0 Å². The maximum absolute atomic E-state index is 9.23. The summed E-state index contributed by atoms with van der Waals surface area (Å²) < 4.78 is 25.8. The maximum atomic E-state index is 9.23. The fraction of sp³-hybridized carbons (Fsp3) is 0.171. The van der Waals surface area contributed by atoms with E-state index < -0.39 is 0 Å². The van der Waals surface area contributed by atoms with Crippen LogP contribution in [-0.2, 0) is 5.41 Å². The van der Waals surface area contributed by atoms with Gasteiger partial charge in [-0.25, -0.2) is 4.98 Å². The van der Waals surface area contributed by atoms with Crippen LogP contribution in [0.5, 0.6) is 5.75 Å². The number of hydrogen-bond acceptors (Lipinski definition) is 2. The van der Waals surface area contributed by atoms with Gasteiger partial charge in [0.1, 0.15) is 11.6 Å². The number of nitrogens with zero attached hydrogens (tertiary/aromatic N) is 2. The Bertz CT molecular complexity index is 1880. The summed E-state index contributed by atoms with van der Waals surface area (Å²) in [6.07, 6.45) is 0.158.